The number of nitrogen functional groups attached to an aromatic ring is 1. The smallest absolute Gasteiger partial charge is 0.338 e. The second-order valence-electron chi connectivity index (χ2n) is 24.0. The number of aromatic nitrogens is 1. The third kappa shape index (κ3) is 18.7. The zero-order chi connectivity index (χ0) is 73.2. The fourth-order valence-corrected chi connectivity index (χ4v) is 16.6. The van der Waals surface area contributed by atoms with Crippen molar-refractivity contribution < 1.29 is 43.4 Å². The molecule has 0 unspecified atom stereocenters. The summed E-state index contributed by atoms with van der Waals surface area (Å²) < 4.78 is 9.81. The number of amides is 5. The molecule has 0 fully saturated rings. The van der Waals surface area contributed by atoms with Crippen molar-refractivity contribution in [2.75, 3.05) is 41.0 Å². The maximum Gasteiger partial charge on any atom is 0.338 e. The number of halogens is 5. The summed E-state index contributed by atoms with van der Waals surface area (Å²) in [5, 5.41) is 13.5. The molecule has 16 nitrogen and oxygen atoms in total. The van der Waals surface area contributed by atoms with Crippen LogP contribution in [0.5, 0.6) is 0 Å². The number of hydrogen-bond acceptors (Lipinski definition) is 13. The Kier molecular flexibility index (Phi) is 25.5. The highest BCUT2D eigenvalue weighted by molar-refractivity contribution is 14.1. The number of esters is 1. The minimum atomic E-state index is -0.880. The maximum absolute atomic E-state index is 12.0. The van der Waals surface area contributed by atoms with E-state index in [2.05, 4.69) is 155 Å². The number of fused-ring (bicyclic) bond motifs is 5. The number of anilines is 1. The normalized spacial score (nSPS) is 13.2. The summed E-state index contributed by atoms with van der Waals surface area (Å²) in [7, 11) is 8.71. The summed E-state index contributed by atoms with van der Waals surface area (Å²) in [6.07, 6.45) is 3.47. The molecule has 4 aromatic heterocycles. The Morgan fingerprint density at radius 1 is 0.490 bits per heavy atom. The van der Waals surface area contributed by atoms with Crippen LogP contribution in [0.25, 0.3) is 41.8 Å². The van der Waals surface area contributed by atoms with Gasteiger partial charge < -0.3 is 40.5 Å². The van der Waals surface area contributed by atoms with Crippen molar-refractivity contribution in [1.82, 2.24) is 29.9 Å². The Morgan fingerprint density at radius 3 is 1.34 bits per heavy atom. The van der Waals surface area contributed by atoms with Crippen LogP contribution in [-0.2, 0) is 37.5 Å². The summed E-state index contributed by atoms with van der Waals surface area (Å²) in [5.74, 6) is -0.649. The molecule has 0 atom stereocenters. The lowest BCUT2D eigenvalue weighted by atomic mass is 10.1. The maximum atomic E-state index is 12.0. The fraction of sp³-hybridized carbons (Fsp3) is 0.154. The van der Waals surface area contributed by atoms with E-state index in [0.717, 1.165) is 120 Å². The molecule has 0 radical (unpaired) electrons. The van der Waals surface area contributed by atoms with Crippen LogP contribution in [0.2, 0.25) is 0 Å². The Labute approximate surface area is 650 Å². The van der Waals surface area contributed by atoms with Gasteiger partial charge in [0.25, 0.3) is 29.5 Å². The lowest BCUT2D eigenvalue weighted by Crippen LogP contribution is -2.17. The molecule has 0 spiro atoms. The number of nitrogens with two attached hydrogens (primary N) is 1. The molecule has 5 amide bonds. The minimum Gasteiger partial charge on any atom is -0.478 e. The lowest BCUT2D eigenvalue weighted by molar-refractivity contribution is 0.0598. The van der Waals surface area contributed by atoms with E-state index < -0.39 is 5.97 Å². The second-order valence-corrected chi connectivity index (χ2v) is 32.7. The van der Waals surface area contributed by atoms with Crippen molar-refractivity contribution in [3.8, 4) is 41.8 Å². The van der Waals surface area contributed by atoms with E-state index in [4.69, 9.17) is 10.8 Å². The predicted octanol–water partition coefficient (Wildman–Crippen LogP) is 19.0. The number of methoxy groups -OCH3 is 1. The molecule has 0 aliphatic carbocycles. The first-order valence-electron chi connectivity index (χ1n) is 31.4. The summed E-state index contributed by atoms with van der Waals surface area (Å²) in [6, 6.07) is 54.8. The van der Waals surface area contributed by atoms with Gasteiger partial charge in [-0.05, 0) is 243 Å². The van der Waals surface area contributed by atoms with Crippen LogP contribution < -0.4 is 11.1 Å². The van der Waals surface area contributed by atoms with Gasteiger partial charge in [-0.15, -0.1) is 34.0 Å². The van der Waals surface area contributed by atoms with Crippen LogP contribution in [0.3, 0.4) is 0 Å². The Hall–Kier alpha value is -8.47. The number of aryl methyl sites for hydroxylation is 2. The van der Waals surface area contributed by atoms with Gasteiger partial charge in [-0.25, -0.2) is 9.59 Å². The predicted molar refractivity (Wildman–Crippen MR) is 428 cm³/mol. The van der Waals surface area contributed by atoms with E-state index in [0.29, 0.717) is 29.9 Å². The van der Waals surface area contributed by atoms with Crippen LogP contribution >= 0.6 is 120 Å². The van der Waals surface area contributed by atoms with Gasteiger partial charge in [-0.3, -0.25) is 29.0 Å². The van der Waals surface area contributed by atoms with Crippen LogP contribution in [0.1, 0.15) is 111 Å². The van der Waals surface area contributed by atoms with Crippen LogP contribution in [-0.4, -0.2) is 106 Å². The molecule has 4 N–H and O–H groups in total. The number of pyridine rings is 1. The highest BCUT2D eigenvalue weighted by Gasteiger charge is 2.28. The van der Waals surface area contributed by atoms with Crippen molar-refractivity contribution in [2.45, 2.75) is 46.6 Å². The van der Waals surface area contributed by atoms with Crippen molar-refractivity contribution in [2.24, 2.45) is 0 Å². The first-order chi connectivity index (χ1) is 48.7. The van der Waals surface area contributed by atoms with E-state index in [-0.39, 0.29) is 35.5 Å². The number of aromatic carboxylic acids is 1. The molecule has 0 bridgehead atoms. The number of carboxylic acids is 1. The molecule has 5 aliphatic heterocycles. The number of rotatable bonds is 6. The SMILES string of the molecule is CN1Cc2cc(-c3ccc(-c4cncc(N)c4)s3)ccc2C1=O.CN1Cc2cc(-c3ccc(I)s3)ccc2C1=O.CN1Cc2cc(-c3cccs3)ccc2C1=O.CN1Cc2cc(Br)ccc2C1=O.COC(=O)c1ccc(Br)cc1C.Cc1cc(Br)ccc1C(=O)O.O=C1NCc2cc(Br)ccc21. The number of benzene rings is 7. The highest BCUT2D eigenvalue weighted by atomic mass is 127. The van der Waals surface area contributed by atoms with Gasteiger partial charge in [0.15, 0.2) is 0 Å². The largest absolute Gasteiger partial charge is 0.478 e. The fourth-order valence-electron chi connectivity index (χ4n) is 11.5. The van der Waals surface area contributed by atoms with Crippen LogP contribution in [0.15, 0.2) is 206 Å². The topological polar surface area (TPSA) is 213 Å². The molecule has 24 heteroatoms. The second kappa shape index (κ2) is 34.2. The number of carbonyl (C=O) groups excluding carboxylic acids is 6. The average Bonchev–Trinajstić information content (AvgIpc) is 1.69. The summed E-state index contributed by atoms with van der Waals surface area (Å²) >= 11 is 20.8. The Bertz CT molecular complexity index is 5030. The highest BCUT2D eigenvalue weighted by Crippen LogP contribution is 2.38. The first kappa shape index (κ1) is 76.2. The van der Waals surface area contributed by atoms with E-state index in [1.807, 2.05) is 138 Å². The molecular formula is C78H66Br4IN7O9S3. The summed E-state index contributed by atoms with van der Waals surface area (Å²) in [5.41, 5.74) is 23.4. The monoisotopic (exact) mass is 1780 g/mol. The molecule has 9 heterocycles. The van der Waals surface area contributed by atoms with Gasteiger partial charge in [-0.2, -0.15) is 0 Å². The quantitative estimate of drug-likeness (QED) is 0.105. The van der Waals surface area contributed by atoms with Gasteiger partial charge in [-0.1, -0.05) is 88.0 Å². The number of hydrogen-bond donors (Lipinski definition) is 3. The minimum absolute atomic E-state index is 0.0347. The molecule has 5 aliphatic rings. The average molecular weight is 1790 g/mol. The number of thiophene rings is 3. The molecular weight excluding hydrogens is 1720 g/mol. The molecule has 520 valence electrons. The van der Waals surface area contributed by atoms with Crippen molar-refractivity contribution >= 4 is 167 Å². The van der Waals surface area contributed by atoms with Gasteiger partial charge in [0.2, 0.25) is 0 Å². The molecule has 0 saturated carbocycles. The molecule has 0 saturated heterocycles. The molecule has 16 rings (SSSR count). The lowest BCUT2D eigenvalue weighted by Gasteiger charge is -2.04. The number of nitrogens with one attached hydrogen (secondary N) is 1. The van der Waals surface area contributed by atoms with E-state index in [1.54, 1.807) is 91.0 Å². The third-order valence-electron chi connectivity index (χ3n) is 16.7. The summed E-state index contributed by atoms with van der Waals surface area (Å²) in [4.78, 5) is 95.5. The van der Waals surface area contributed by atoms with Gasteiger partial charge in [0.05, 0.1) is 26.8 Å². The van der Waals surface area contributed by atoms with Gasteiger partial charge in [0, 0.05) is 144 Å². The zero-order valence-electron chi connectivity index (χ0n) is 56.1. The van der Waals surface area contributed by atoms with Crippen LogP contribution in [0, 0.1) is 16.7 Å². The Balaban J connectivity index is 0.000000130. The number of ether oxygens (including phenoxy) is 1. The summed E-state index contributed by atoms with van der Waals surface area (Å²) in [6.45, 7) is 7.17. The van der Waals surface area contributed by atoms with Crippen LogP contribution in [0.4, 0.5) is 5.69 Å². The number of carbonyl (C=O) groups is 7. The molecule has 7 aromatic carbocycles. The number of carboxylic acid groups (broad SMARTS) is 1. The van der Waals surface area contributed by atoms with Gasteiger partial charge in [0.1, 0.15) is 0 Å². The van der Waals surface area contributed by atoms with Crippen molar-refractivity contribution in [3.05, 3.63) is 286 Å². The van der Waals surface area contributed by atoms with E-state index in [1.165, 1.54) is 35.8 Å². The first-order valence-corrected chi connectivity index (χ1v) is 38.2. The van der Waals surface area contributed by atoms with E-state index in [9.17, 15) is 33.6 Å². The van der Waals surface area contributed by atoms with Crippen molar-refractivity contribution in [1.29, 1.82) is 0 Å². The molecule has 102 heavy (non-hydrogen) atoms. The molecule has 11 aromatic rings. The number of nitrogens with zero attached hydrogens (tertiary/aromatic N) is 5. The zero-order valence-corrected chi connectivity index (χ0v) is 67.0. The van der Waals surface area contributed by atoms with Crippen molar-refractivity contribution in [3.63, 3.8) is 0 Å². The standard InChI is InChI=1S/C18H15N3OS.C13H10INOS.C13H11NOS.C9H8BrNO.C9H9BrO2.C8H6BrNO.C8H7BrO2/c1-21-10-13-6-11(2-3-15(13)18(21)22)16-4-5-17(23-16)12-7-14(19)9-20-8-12;1-15-7-9-6-8(2-3-10(9)13(15)16)11-4-5-12(14)17-11;1-14-8-10-7-9(12-3-2-6-16-12)4-5-11(10)13(14)15;1-11-5-6-4-7(10)2-3-8(6)9(11)12;1-6-5-7(10)3-4-8(6)9(11)12-2;9-6-1-2-7-5(3-6)4-10-8(7)11;1-5-4-6(9)2-3-7(5)8(10)11/h2-9H,10,19H2,1H3;2-6H,7H2,1H3;2-7H,8H2,1H3;2-4H,5H2,1H3;3-5H,1-2H3;1-3H,4H2,(H,10,11);2-4H,1H3,(H,10,11). The Morgan fingerprint density at radius 2 is 0.902 bits per heavy atom. The van der Waals surface area contributed by atoms with Gasteiger partial charge >= 0.3 is 11.9 Å². The third-order valence-corrected chi connectivity index (χ3v) is 22.7. The van der Waals surface area contributed by atoms with E-state index >= 15 is 0 Å².